The van der Waals surface area contributed by atoms with Crippen LogP contribution in [-0.4, -0.2) is 81.2 Å². The van der Waals surface area contributed by atoms with Gasteiger partial charge in [-0.15, -0.1) is 0 Å². The molecule has 0 radical (unpaired) electrons. The number of carbonyl (C=O) groups excluding carboxylic acids is 2. The number of hydrogen-bond donors (Lipinski definition) is 2. The molecule has 46 heavy (non-hydrogen) atoms. The smallest absolute Gasteiger partial charge is 0.433 e. The Morgan fingerprint density at radius 3 is 2.39 bits per heavy atom. The molecule has 10 nitrogen and oxygen atoms in total. The first-order valence-corrected chi connectivity index (χ1v) is 14.8. The molecule has 0 saturated heterocycles. The molecule has 0 saturated carbocycles. The number of amides is 2. The van der Waals surface area contributed by atoms with Crippen molar-refractivity contribution in [3.8, 4) is 17.0 Å². The number of fused-ring (bicyclic) bond motifs is 1. The van der Waals surface area contributed by atoms with Crippen LogP contribution in [0, 0.1) is 6.92 Å². The van der Waals surface area contributed by atoms with E-state index in [1.54, 1.807) is 29.2 Å². The van der Waals surface area contributed by atoms with Crippen LogP contribution >= 0.6 is 0 Å². The number of aliphatic hydroxyl groups is 1. The quantitative estimate of drug-likeness (QED) is 0.227. The van der Waals surface area contributed by atoms with E-state index in [9.17, 15) is 27.9 Å². The Morgan fingerprint density at radius 1 is 1.11 bits per heavy atom. The first-order valence-electron chi connectivity index (χ1n) is 14.8. The second kappa shape index (κ2) is 14.3. The molecule has 0 fully saturated rings. The summed E-state index contributed by atoms with van der Waals surface area (Å²) in [6.07, 6.45) is -3.63. The molecule has 1 unspecified atom stereocenters. The molecule has 2 aromatic carbocycles. The number of nitrogens with one attached hydrogen (secondary N) is 1. The summed E-state index contributed by atoms with van der Waals surface area (Å²) in [5, 5.41) is 17.0. The number of aliphatic hydroxyl groups excluding tert-OH is 1. The number of hydrogen-bond acceptors (Lipinski definition) is 7. The van der Waals surface area contributed by atoms with Gasteiger partial charge in [-0.1, -0.05) is 24.3 Å². The molecule has 2 amide bonds. The molecule has 0 aliphatic carbocycles. The second-order valence-electron chi connectivity index (χ2n) is 11.4. The number of aromatic nitrogens is 3. The van der Waals surface area contributed by atoms with E-state index in [-0.39, 0.29) is 47.6 Å². The van der Waals surface area contributed by atoms with Gasteiger partial charge in [0.25, 0.3) is 5.91 Å². The average molecular weight is 641 g/mol. The Labute approximate surface area is 265 Å². The lowest BCUT2D eigenvalue weighted by Crippen LogP contribution is -2.43. The third-order valence-electron chi connectivity index (χ3n) is 7.91. The van der Waals surface area contributed by atoms with Crippen molar-refractivity contribution in [2.75, 3.05) is 33.9 Å². The Balaban J connectivity index is 1.65. The minimum atomic E-state index is -4.77. The van der Waals surface area contributed by atoms with Crippen LogP contribution in [0.25, 0.3) is 16.9 Å². The van der Waals surface area contributed by atoms with Crippen molar-refractivity contribution in [3.05, 3.63) is 82.7 Å². The summed E-state index contributed by atoms with van der Waals surface area (Å²) in [7, 11) is 3.31. The number of likely N-dealkylation sites (N-methyl/N-ethyl adjacent to an activating group) is 1. The molecular formula is C33H39F3N6O4. The Kier molecular flexibility index (Phi) is 10.7. The number of rotatable bonds is 12. The molecule has 4 rings (SSSR count). The van der Waals surface area contributed by atoms with Crippen molar-refractivity contribution in [1.82, 2.24) is 29.7 Å². The predicted molar refractivity (Wildman–Crippen MR) is 167 cm³/mol. The van der Waals surface area contributed by atoms with Gasteiger partial charge in [0.1, 0.15) is 11.3 Å². The van der Waals surface area contributed by atoms with E-state index >= 15 is 0 Å². The van der Waals surface area contributed by atoms with Gasteiger partial charge < -0.3 is 20.1 Å². The Hall–Kier alpha value is -4.49. The first kappa shape index (κ1) is 34.4. The maximum Gasteiger partial charge on any atom is 0.433 e. The van der Waals surface area contributed by atoms with Crippen molar-refractivity contribution >= 4 is 17.5 Å². The van der Waals surface area contributed by atoms with Crippen LogP contribution in [0.4, 0.5) is 13.2 Å². The number of alkyl halides is 3. The highest BCUT2D eigenvalue weighted by Crippen LogP contribution is 2.37. The van der Waals surface area contributed by atoms with Crippen molar-refractivity contribution in [1.29, 1.82) is 0 Å². The van der Waals surface area contributed by atoms with Gasteiger partial charge in [0, 0.05) is 43.7 Å². The topological polar surface area (TPSA) is 112 Å². The highest BCUT2D eigenvalue weighted by atomic mass is 19.4. The van der Waals surface area contributed by atoms with Crippen LogP contribution < -0.4 is 10.1 Å². The van der Waals surface area contributed by atoms with E-state index in [2.05, 4.69) is 15.4 Å². The summed E-state index contributed by atoms with van der Waals surface area (Å²) in [4.78, 5) is 33.3. The fourth-order valence-corrected chi connectivity index (χ4v) is 5.39. The largest absolute Gasteiger partial charge is 0.497 e. The Morgan fingerprint density at radius 2 is 1.80 bits per heavy atom. The van der Waals surface area contributed by atoms with Crippen LogP contribution in [-0.2, 0) is 17.5 Å². The zero-order chi connectivity index (χ0) is 33.8. The summed E-state index contributed by atoms with van der Waals surface area (Å²) in [5.74, 6) is -0.123. The molecule has 1 atom stereocenters. The van der Waals surface area contributed by atoms with Gasteiger partial charge in [-0.3, -0.25) is 14.5 Å². The minimum absolute atomic E-state index is 0.0546. The molecule has 0 aliphatic heterocycles. The normalized spacial score (nSPS) is 12.5. The SMILES string of the molecule is COc1ccc(-c2nc3c(C(=O)N(CCN(C)C(CO)c4cccc(CNC(C)=O)c4)C(C)C)cnn3c(C(F)(F)F)c2C)cc1. The Bertz CT molecular complexity index is 1690. The lowest BCUT2D eigenvalue weighted by Gasteiger charge is -2.32. The van der Waals surface area contributed by atoms with Crippen molar-refractivity contribution in [2.24, 2.45) is 0 Å². The van der Waals surface area contributed by atoms with Crippen molar-refractivity contribution in [3.63, 3.8) is 0 Å². The van der Waals surface area contributed by atoms with Crippen LogP contribution in [0.2, 0.25) is 0 Å². The van der Waals surface area contributed by atoms with E-state index < -0.39 is 23.8 Å². The van der Waals surface area contributed by atoms with Gasteiger partial charge in [-0.25, -0.2) is 9.50 Å². The first-order chi connectivity index (χ1) is 21.8. The molecule has 4 aromatic rings. The second-order valence-corrected chi connectivity index (χ2v) is 11.4. The number of methoxy groups -OCH3 is 1. The number of carbonyl (C=O) groups is 2. The third kappa shape index (κ3) is 7.48. The molecule has 2 N–H and O–H groups in total. The van der Waals surface area contributed by atoms with Gasteiger partial charge in [-0.2, -0.15) is 18.3 Å². The molecule has 13 heteroatoms. The zero-order valence-corrected chi connectivity index (χ0v) is 26.7. The van der Waals surface area contributed by atoms with Crippen molar-refractivity contribution in [2.45, 2.75) is 52.5 Å². The average Bonchev–Trinajstić information content (AvgIpc) is 3.42. The molecule has 0 aliphatic rings. The van der Waals surface area contributed by atoms with E-state index in [1.165, 1.54) is 21.0 Å². The lowest BCUT2D eigenvalue weighted by molar-refractivity contribution is -0.143. The summed E-state index contributed by atoms with van der Waals surface area (Å²) in [6, 6.07) is 13.3. The molecular weight excluding hydrogens is 601 g/mol. The van der Waals surface area contributed by atoms with Crippen LogP contribution in [0.15, 0.2) is 54.7 Å². The van der Waals surface area contributed by atoms with Crippen LogP contribution in [0.3, 0.4) is 0 Å². The van der Waals surface area contributed by atoms with E-state index in [0.717, 1.165) is 17.3 Å². The van der Waals surface area contributed by atoms with Crippen LogP contribution in [0.1, 0.15) is 59.6 Å². The number of ether oxygens (including phenoxy) is 1. The van der Waals surface area contributed by atoms with Gasteiger partial charge >= 0.3 is 6.18 Å². The van der Waals surface area contributed by atoms with E-state index in [4.69, 9.17) is 4.74 Å². The van der Waals surface area contributed by atoms with E-state index in [0.29, 0.717) is 28.9 Å². The zero-order valence-electron chi connectivity index (χ0n) is 26.7. The molecule has 246 valence electrons. The highest BCUT2D eigenvalue weighted by Gasteiger charge is 2.39. The fraction of sp³-hybridized carbons (Fsp3) is 0.394. The number of nitrogens with zero attached hydrogens (tertiary/aromatic N) is 5. The lowest BCUT2D eigenvalue weighted by atomic mass is 10.0. The standard InChI is InChI=1S/C33H39F3N6O4/c1-20(2)41(15-14-40(5)28(19-43)25-9-7-8-23(16-25)17-37-22(4)44)32(45)27-18-38-42-30(33(34,35)36)21(3)29(39-31(27)42)24-10-12-26(46-6)13-11-24/h7-13,16,18,20,28,43H,14-15,17,19H2,1-6H3,(H,37,44). The maximum absolute atomic E-state index is 14.4. The van der Waals surface area contributed by atoms with Gasteiger partial charge in [0.2, 0.25) is 5.91 Å². The number of benzene rings is 2. The van der Waals surface area contributed by atoms with Gasteiger partial charge in [0.05, 0.1) is 31.6 Å². The molecule has 2 heterocycles. The van der Waals surface area contributed by atoms with Crippen LogP contribution in [0.5, 0.6) is 5.75 Å². The van der Waals surface area contributed by atoms with E-state index in [1.807, 2.05) is 50.1 Å². The van der Waals surface area contributed by atoms with Gasteiger partial charge in [-0.05, 0) is 63.2 Å². The fourth-order valence-electron chi connectivity index (χ4n) is 5.39. The monoisotopic (exact) mass is 640 g/mol. The highest BCUT2D eigenvalue weighted by molar-refractivity contribution is 6.00. The summed E-state index contributed by atoms with van der Waals surface area (Å²) < 4.78 is 49.1. The molecule has 0 spiro atoms. The minimum Gasteiger partial charge on any atom is -0.497 e. The number of halogens is 3. The molecule has 0 bridgehead atoms. The summed E-state index contributed by atoms with van der Waals surface area (Å²) in [5.41, 5.74) is 0.849. The maximum atomic E-state index is 14.4. The third-order valence-corrected chi connectivity index (χ3v) is 7.91. The summed E-state index contributed by atoms with van der Waals surface area (Å²) >= 11 is 0. The predicted octanol–water partition coefficient (Wildman–Crippen LogP) is 4.88. The summed E-state index contributed by atoms with van der Waals surface area (Å²) in [6.45, 7) is 7.14. The van der Waals surface area contributed by atoms with Gasteiger partial charge in [0.15, 0.2) is 11.3 Å². The van der Waals surface area contributed by atoms with Crippen molar-refractivity contribution < 1.29 is 32.6 Å². The molecule has 2 aromatic heterocycles.